The van der Waals surface area contributed by atoms with Gasteiger partial charge in [-0.3, -0.25) is 4.79 Å². The Kier molecular flexibility index (Phi) is 5.04. The van der Waals surface area contributed by atoms with Crippen LogP contribution in [0.4, 0.5) is 0 Å². The molecule has 3 rings (SSSR count). The minimum atomic E-state index is -0.546. The maximum Gasteiger partial charge on any atom is 0.363 e. The van der Waals surface area contributed by atoms with Crippen LogP contribution in [0.2, 0.25) is 0 Å². The number of hydrogen-bond donors (Lipinski definition) is 0. The van der Waals surface area contributed by atoms with Crippen molar-refractivity contribution in [3.8, 4) is 17.2 Å². The van der Waals surface area contributed by atoms with E-state index in [1.807, 2.05) is 17.5 Å². The topological polar surface area (TPSA) is 83.4 Å². The predicted molar refractivity (Wildman–Crippen MR) is 95.8 cm³/mol. The first-order valence-corrected chi connectivity index (χ1v) is 8.40. The minimum Gasteiger partial charge on any atom is -0.493 e. The number of ether oxygens (including phenoxy) is 4. The molecule has 2 heterocycles. The van der Waals surface area contributed by atoms with Crippen molar-refractivity contribution >= 4 is 35.2 Å². The molecule has 0 atom stereocenters. The first-order valence-electron chi connectivity index (χ1n) is 7.52. The number of benzene rings is 1. The van der Waals surface area contributed by atoms with E-state index in [0.29, 0.717) is 17.1 Å². The number of methoxy groups -OCH3 is 2. The molecule has 1 aliphatic heterocycles. The molecule has 1 aromatic heterocycles. The quantitative estimate of drug-likeness (QED) is 0.455. The van der Waals surface area contributed by atoms with Gasteiger partial charge in [0.2, 0.25) is 11.6 Å². The zero-order valence-corrected chi connectivity index (χ0v) is 15.1. The highest BCUT2D eigenvalue weighted by Gasteiger charge is 2.25. The number of esters is 2. The van der Waals surface area contributed by atoms with E-state index in [2.05, 4.69) is 4.99 Å². The van der Waals surface area contributed by atoms with Crippen LogP contribution < -0.4 is 14.2 Å². The standard InChI is InChI=1S/C18H15NO6S/c1-10(20)24-16-13(22-2)8-11(9-14(16)23-3)7-12-18(21)25-17(19-12)15-5-4-6-26-15/h4-9H,1-3H3/b12-7-. The van der Waals surface area contributed by atoms with Crippen LogP contribution >= 0.6 is 11.3 Å². The van der Waals surface area contributed by atoms with E-state index >= 15 is 0 Å². The van der Waals surface area contributed by atoms with Gasteiger partial charge in [-0.2, -0.15) is 0 Å². The number of thiophene rings is 1. The Morgan fingerprint density at radius 1 is 1.23 bits per heavy atom. The van der Waals surface area contributed by atoms with Crippen LogP contribution in [0.3, 0.4) is 0 Å². The second kappa shape index (κ2) is 7.40. The number of rotatable bonds is 5. The van der Waals surface area contributed by atoms with Gasteiger partial charge in [-0.25, -0.2) is 9.79 Å². The molecule has 0 saturated heterocycles. The molecule has 7 nitrogen and oxygen atoms in total. The molecule has 0 amide bonds. The number of carbonyl (C=O) groups is 2. The predicted octanol–water partition coefficient (Wildman–Crippen LogP) is 3.04. The van der Waals surface area contributed by atoms with Gasteiger partial charge in [0.05, 0.1) is 19.1 Å². The maximum atomic E-state index is 12.1. The van der Waals surface area contributed by atoms with Crippen LogP contribution in [0.25, 0.3) is 6.08 Å². The number of carbonyl (C=O) groups excluding carboxylic acids is 2. The summed E-state index contributed by atoms with van der Waals surface area (Å²) in [4.78, 5) is 28.4. The molecule has 134 valence electrons. The third-order valence-corrected chi connectivity index (χ3v) is 4.24. The monoisotopic (exact) mass is 373 g/mol. The highest BCUT2D eigenvalue weighted by atomic mass is 32.1. The molecule has 0 spiro atoms. The molecule has 0 fully saturated rings. The summed E-state index contributed by atoms with van der Waals surface area (Å²) < 4.78 is 20.9. The molecule has 0 radical (unpaired) electrons. The summed E-state index contributed by atoms with van der Waals surface area (Å²) in [6.07, 6.45) is 1.55. The fourth-order valence-corrected chi connectivity index (χ4v) is 2.95. The molecule has 8 heteroatoms. The summed E-state index contributed by atoms with van der Waals surface area (Å²) in [5.74, 6) is -0.0266. The van der Waals surface area contributed by atoms with Crippen molar-refractivity contribution in [1.29, 1.82) is 0 Å². The molecule has 1 aliphatic rings. The normalized spacial score (nSPS) is 14.8. The van der Waals surface area contributed by atoms with Gasteiger partial charge < -0.3 is 18.9 Å². The van der Waals surface area contributed by atoms with Gasteiger partial charge in [-0.1, -0.05) is 6.07 Å². The fourth-order valence-electron chi connectivity index (χ4n) is 2.30. The van der Waals surface area contributed by atoms with E-state index in [9.17, 15) is 9.59 Å². The zero-order valence-electron chi connectivity index (χ0n) is 14.3. The molecule has 0 unspecified atom stereocenters. The Hall–Kier alpha value is -3.13. The Labute approximate surface area is 153 Å². The maximum absolute atomic E-state index is 12.1. The van der Waals surface area contributed by atoms with Crippen LogP contribution in [0.1, 0.15) is 17.4 Å². The molecule has 0 aliphatic carbocycles. The summed E-state index contributed by atoms with van der Waals surface area (Å²) in [5, 5.41) is 1.87. The van der Waals surface area contributed by atoms with Crippen molar-refractivity contribution in [3.63, 3.8) is 0 Å². The van der Waals surface area contributed by atoms with Crippen molar-refractivity contribution in [1.82, 2.24) is 0 Å². The second-order valence-corrected chi connectivity index (χ2v) is 6.11. The van der Waals surface area contributed by atoms with E-state index in [0.717, 1.165) is 4.88 Å². The lowest BCUT2D eigenvalue weighted by Gasteiger charge is -2.13. The van der Waals surface area contributed by atoms with Gasteiger partial charge in [0, 0.05) is 6.92 Å². The third-order valence-electron chi connectivity index (χ3n) is 3.38. The number of hydrogen-bond acceptors (Lipinski definition) is 8. The van der Waals surface area contributed by atoms with E-state index in [-0.39, 0.29) is 17.3 Å². The lowest BCUT2D eigenvalue weighted by Crippen LogP contribution is -2.05. The van der Waals surface area contributed by atoms with Crippen LogP contribution in [-0.2, 0) is 14.3 Å². The Morgan fingerprint density at radius 2 is 1.92 bits per heavy atom. The molecule has 0 bridgehead atoms. The molecule has 0 N–H and O–H groups in total. The van der Waals surface area contributed by atoms with Crippen molar-refractivity contribution in [2.45, 2.75) is 6.92 Å². The smallest absolute Gasteiger partial charge is 0.363 e. The fraction of sp³-hybridized carbons (Fsp3) is 0.167. The lowest BCUT2D eigenvalue weighted by molar-refractivity contribution is -0.132. The molecule has 26 heavy (non-hydrogen) atoms. The first-order chi connectivity index (χ1) is 12.5. The van der Waals surface area contributed by atoms with E-state index in [4.69, 9.17) is 18.9 Å². The van der Waals surface area contributed by atoms with Gasteiger partial charge in [-0.15, -0.1) is 11.3 Å². The van der Waals surface area contributed by atoms with Gasteiger partial charge in [0.1, 0.15) is 0 Å². The lowest BCUT2D eigenvalue weighted by atomic mass is 10.1. The second-order valence-electron chi connectivity index (χ2n) is 5.16. The van der Waals surface area contributed by atoms with Gasteiger partial charge in [-0.05, 0) is 35.2 Å². The molecule has 0 saturated carbocycles. The summed E-state index contributed by atoms with van der Waals surface area (Å²) >= 11 is 1.43. The van der Waals surface area contributed by atoms with Crippen LogP contribution in [-0.4, -0.2) is 32.1 Å². The largest absolute Gasteiger partial charge is 0.493 e. The number of cyclic esters (lactones) is 1. The van der Waals surface area contributed by atoms with Crippen LogP contribution in [0.5, 0.6) is 17.2 Å². The van der Waals surface area contributed by atoms with Gasteiger partial charge in [0.25, 0.3) is 0 Å². The molecule has 1 aromatic carbocycles. The van der Waals surface area contributed by atoms with Gasteiger partial charge in [0.15, 0.2) is 17.2 Å². The number of nitrogens with zero attached hydrogens (tertiary/aromatic N) is 1. The Morgan fingerprint density at radius 3 is 2.46 bits per heavy atom. The Bertz CT molecular complexity index is 889. The van der Waals surface area contributed by atoms with Crippen molar-refractivity contribution in [2.75, 3.05) is 14.2 Å². The van der Waals surface area contributed by atoms with E-state index in [1.165, 1.54) is 32.5 Å². The highest BCUT2D eigenvalue weighted by molar-refractivity contribution is 7.12. The molecule has 2 aromatic rings. The molecular formula is C18H15NO6S. The highest BCUT2D eigenvalue weighted by Crippen LogP contribution is 2.39. The van der Waals surface area contributed by atoms with Crippen LogP contribution in [0.15, 0.2) is 40.3 Å². The van der Waals surface area contributed by atoms with Crippen molar-refractivity contribution in [3.05, 3.63) is 45.8 Å². The minimum absolute atomic E-state index is 0.151. The SMILES string of the molecule is COc1cc(/C=C2\N=C(c3cccs3)OC2=O)cc(OC)c1OC(C)=O. The first kappa shape index (κ1) is 17.7. The summed E-state index contributed by atoms with van der Waals surface area (Å²) in [7, 11) is 2.88. The van der Waals surface area contributed by atoms with Crippen molar-refractivity contribution in [2.24, 2.45) is 4.99 Å². The van der Waals surface area contributed by atoms with Gasteiger partial charge >= 0.3 is 11.9 Å². The Balaban J connectivity index is 2.00. The van der Waals surface area contributed by atoms with Crippen molar-refractivity contribution < 1.29 is 28.5 Å². The number of aliphatic imine (C=N–C) groups is 1. The summed E-state index contributed by atoms with van der Waals surface area (Å²) in [6, 6.07) is 6.89. The third kappa shape index (κ3) is 3.60. The summed E-state index contributed by atoms with van der Waals surface area (Å²) in [5.41, 5.74) is 0.732. The average Bonchev–Trinajstić information content (AvgIpc) is 3.25. The summed E-state index contributed by atoms with van der Waals surface area (Å²) in [6.45, 7) is 1.28. The average molecular weight is 373 g/mol. The van der Waals surface area contributed by atoms with Crippen LogP contribution in [0, 0.1) is 0 Å². The van der Waals surface area contributed by atoms with E-state index < -0.39 is 11.9 Å². The van der Waals surface area contributed by atoms with E-state index in [1.54, 1.807) is 18.2 Å². The molecular weight excluding hydrogens is 358 g/mol. The zero-order chi connectivity index (χ0) is 18.7.